The van der Waals surface area contributed by atoms with E-state index in [0.717, 1.165) is 5.56 Å². The standard InChI is InChI=1S/C22H29FN2O3/c1-22(2,3)25-20(26)15-28-21-17(9-7-11-19(21)27-4)14-24-13-12-16-8-5-6-10-18(16)23/h5-11,24H,12-15H2,1-4H3,(H,25,26). The van der Waals surface area contributed by atoms with Gasteiger partial charge in [-0.05, 0) is 51.4 Å². The van der Waals surface area contributed by atoms with Gasteiger partial charge in [-0.1, -0.05) is 30.3 Å². The Morgan fingerprint density at radius 1 is 1.07 bits per heavy atom. The number of benzene rings is 2. The maximum absolute atomic E-state index is 13.7. The smallest absolute Gasteiger partial charge is 0.258 e. The largest absolute Gasteiger partial charge is 0.493 e. The van der Waals surface area contributed by atoms with Crippen LogP contribution >= 0.6 is 0 Å². The van der Waals surface area contributed by atoms with Crippen LogP contribution in [-0.4, -0.2) is 31.7 Å². The van der Waals surface area contributed by atoms with Crippen molar-refractivity contribution < 1.29 is 18.7 Å². The predicted molar refractivity (Wildman–Crippen MR) is 108 cm³/mol. The molecule has 0 fully saturated rings. The van der Waals surface area contributed by atoms with Gasteiger partial charge in [0.25, 0.3) is 5.91 Å². The van der Waals surface area contributed by atoms with Gasteiger partial charge in [-0.3, -0.25) is 4.79 Å². The number of amides is 1. The van der Waals surface area contributed by atoms with Gasteiger partial charge in [0.15, 0.2) is 18.1 Å². The maximum atomic E-state index is 13.7. The third-order valence-electron chi connectivity index (χ3n) is 3.99. The molecule has 2 aromatic rings. The number of methoxy groups -OCH3 is 1. The monoisotopic (exact) mass is 388 g/mol. The minimum Gasteiger partial charge on any atom is -0.493 e. The molecular formula is C22H29FN2O3. The highest BCUT2D eigenvalue weighted by atomic mass is 19.1. The lowest BCUT2D eigenvalue weighted by Crippen LogP contribution is -2.43. The highest BCUT2D eigenvalue weighted by Crippen LogP contribution is 2.31. The van der Waals surface area contributed by atoms with Gasteiger partial charge >= 0.3 is 0 Å². The number of hydrogen-bond donors (Lipinski definition) is 2. The maximum Gasteiger partial charge on any atom is 0.258 e. The predicted octanol–water partition coefficient (Wildman–Crippen LogP) is 3.46. The van der Waals surface area contributed by atoms with E-state index in [-0.39, 0.29) is 23.9 Å². The topological polar surface area (TPSA) is 59.6 Å². The third-order valence-corrected chi connectivity index (χ3v) is 3.99. The van der Waals surface area contributed by atoms with Crippen LogP contribution in [0.5, 0.6) is 11.5 Å². The van der Waals surface area contributed by atoms with Crippen LogP contribution in [0.25, 0.3) is 0 Å². The first-order chi connectivity index (χ1) is 13.3. The van der Waals surface area contributed by atoms with Gasteiger partial charge in [0.2, 0.25) is 0 Å². The molecule has 0 aliphatic heterocycles. The van der Waals surface area contributed by atoms with Crippen LogP contribution in [-0.2, 0) is 17.8 Å². The summed E-state index contributed by atoms with van der Waals surface area (Å²) in [5.41, 5.74) is 1.23. The summed E-state index contributed by atoms with van der Waals surface area (Å²) in [4.78, 5) is 12.1. The molecule has 0 unspecified atom stereocenters. The van der Waals surface area contributed by atoms with Gasteiger partial charge in [-0.2, -0.15) is 0 Å². The minimum absolute atomic E-state index is 0.0974. The van der Waals surface area contributed by atoms with E-state index >= 15 is 0 Å². The molecule has 0 saturated carbocycles. The lowest BCUT2D eigenvalue weighted by molar-refractivity contribution is -0.124. The highest BCUT2D eigenvalue weighted by Gasteiger charge is 2.16. The number of para-hydroxylation sites is 1. The molecule has 28 heavy (non-hydrogen) atoms. The number of ether oxygens (including phenoxy) is 2. The number of carbonyl (C=O) groups excluding carboxylic acids is 1. The van der Waals surface area contributed by atoms with Crippen molar-refractivity contribution in [3.63, 3.8) is 0 Å². The summed E-state index contributed by atoms with van der Waals surface area (Å²) in [6.45, 7) is 6.78. The fraction of sp³-hybridized carbons (Fsp3) is 0.409. The van der Waals surface area contributed by atoms with E-state index in [2.05, 4.69) is 10.6 Å². The van der Waals surface area contributed by atoms with Crippen LogP contribution in [0, 0.1) is 5.82 Å². The minimum atomic E-state index is -0.321. The molecule has 2 N–H and O–H groups in total. The van der Waals surface area contributed by atoms with Crippen molar-refractivity contribution in [1.82, 2.24) is 10.6 Å². The quantitative estimate of drug-likeness (QED) is 0.646. The van der Waals surface area contributed by atoms with Crippen LogP contribution in [0.2, 0.25) is 0 Å². The molecule has 0 aliphatic carbocycles. The lowest BCUT2D eigenvalue weighted by Gasteiger charge is -2.21. The Balaban J connectivity index is 1.96. The normalized spacial score (nSPS) is 11.2. The number of hydrogen-bond acceptors (Lipinski definition) is 4. The van der Waals surface area contributed by atoms with Gasteiger partial charge in [-0.25, -0.2) is 4.39 Å². The van der Waals surface area contributed by atoms with Crippen LogP contribution in [0.4, 0.5) is 4.39 Å². The van der Waals surface area contributed by atoms with Gasteiger partial charge in [0, 0.05) is 17.6 Å². The second-order valence-electron chi connectivity index (χ2n) is 7.55. The van der Waals surface area contributed by atoms with Crippen molar-refractivity contribution in [1.29, 1.82) is 0 Å². The van der Waals surface area contributed by atoms with Crippen LogP contribution in [0.15, 0.2) is 42.5 Å². The van der Waals surface area contributed by atoms with Crippen molar-refractivity contribution in [2.75, 3.05) is 20.3 Å². The van der Waals surface area contributed by atoms with Crippen molar-refractivity contribution in [2.24, 2.45) is 0 Å². The Labute approximate surface area is 166 Å². The average molecular weight is 388 g/mol. The summed E-state index contributed by atoms with van der Waals surface area (Å²) in [6.07, 6.45) is 0.584. The van der Waals surface area contributed by atoms with Gasteiger partial charge in [0.1, 0.15) is 5.82 Å². The zero-order valence-corrected chi connectivity index (χ0v) is 17.0. The summed E-state index contributed by atoms with van der Waals surface area (Å²) in [5.74, 6) is 0.709. The Morgan fingerprint density at radius 2 is 1.79 bits per heavy atom. The lowest BCUT2D eigenvalue weighted by atomic mass is 10.1. The summed E-state index contributed by atoms with van der Waals surface area (Å²) in [6, 6.07) is 12.3. The molecule has 1 amide bonds. The van der Waals surface area contributed by atoms with E-state index in [9.17, 15) is 9.18 Å². The van der Waals surface area contributed by atoms with E-state index in [4.69, 9.17) is 9.47 Å². The Morgan fingerprint density at radius 3 is 2.46 bits per heavy atom. The van der Waals surface area contributed by atoms with Crippen molar-refractivity contribution >= 4 is 5.91 Å². The second-order valence-corrected chi connectivity index (χ2v) is 7.55. The zero-order chi connectivity index (χ0) is 20.6. The Bertz CT molecular complexity index is 788. The molecular weight excluding hydrogens is 359 g/mol. The molecule has 0 bridgehead atoms. The Hall–Kier alpha value is -2.60. The van der Waals surface area contributed by atoms with E-state index in [1.807, 2.05) is 39.0 Å². The van der Waals surface area contributed by atoms with Crippen molar-refractivity contribution in [3.8, 4) is 11.5 Å². The molecule has 6 heteroatoms. The molecule has 5 nitrogen and oxygen atoms in total. The summed E-state index contributed by atoms with van der Waals surface area (Å²) in [7, 11) is 1.56. The molecule has 0 saturated heterocycles. The first kappa shape index (κ1) is 21.7. The molecule has 0 aliphatic rings. The SMILES string of the molecule is COc1cccc(CNCCc2ccccc2F)c1OCC(=O)NC(C)(C)C. The molecule has 152 valence electrons. The molecule has 0 heterocycles. The first-order valence-corrected chi connectivity index (χ1v) is 9.34. The first-order valence-electron chi connectivity index (χ1n) is 9.34. The van der Waals surface area contributed by atoms with Crippen molar-refractivity contribution in [2.45, 2.75) is 39.3 Å². The molecule has 0 radical (unpaired) electrons. The molecule has 2 aromatic carbocycles. The van der Waals surface area contributed by atoms with Gasteiger partial charge in [-0.15, -0.1) is 0 Å². The van der Waals surface area contributed by atoms with E-state index in [1.165, 1.54) is 6.07 Å². The van der Waals surface area contributed by atoms with Crippen LogP contribution in [0.3, 0.4) is 0 Å². The Kier molecular flexibility index (Phi) is 7.81. The van der Waals surface area contributed by atoms with E-state index < -0.39 is 0 Å². The van der Waals surface area contributed by atoms with Gasteiger partial charge < -0.3 is 20.1 Å². The fourth-order valence-electron chi connectivity index (χ4n) is 2.76. The third kappa shape index (κ3) is 6.85. The molecule has 2 rings (SSSR count). The molecule has 0 atom stereocenters. The zero-order valence-electron chi connectivity index (χ0n) is 17.0. The van der Waals surface area contributed by atoms with Crippen LogP contribution < -0.4 is 20.1 Å². The fourth-order valence-corrected chi connectivity index (χ4v) is 2.76. The number of rotatable bonds is 9. The summed E-state index contributed by atoms with van der Waals surface area (Å²) < 4.78 is 24.8. The average Bonchev–Trinajstić information content (AvgIpc) is 2.63. The number of carbonyl (C=O) groups is 1. The number of halogens is 1. The van der Waals surface area contributed by atoms with Gasteiger partial charge in [0.05, 0.1) is 7.11 Å². The highest BCUT2D eigenvalue weighted by molar-refractivity contribution is 5.78. The number of nitrogens with one attached hydrogen (secondary N) is 2. The van der Waals surface area contributed by atoms with E-state index in [1.54, 1.807) is 25.3 Å². The molecule has 0 spiro atoms. The van der Waals surface area contributed by atoms with Crippen molar-refractivity contribution in [3.05, 3.63) is 59.4 Å². The second kappa shape index (κ2) is 10.1. The summed E-state index contributed by atoms with van der Waals surface area (Å²) >= 11 is 0. The molecule has 0 aromatic heterocycles. The van der Waals surface area contributed by atoms with Crippen LogP contribution in [0.1, 0.15) is 31.9 Å². The van der Waals surface area contributed by atoms with E-state index in [0.29, 0.717) is 36.6 Å². The summed E-state index contributed by atoms with van der Waals surface area (Å²) in [5, 5.41) is 6.16.